The van der Waals surface area contributed by atoms with Gasteiger partial charge in [0.2, 0.25) is 10.0 Å². The molecule has 0 saturated carbocycles. The average Bonchev–Trinajstić information content (AvgIpc) is 2.13. The Bertz CT molecular complexity index is 300. The van der Waals surface area contributed by atoms with Gasteiger partial charge in [-0.15, -0.1) is 0 Å². The SMILES string of the molecule is CCCCS(=O)(=O)NC(C)CC(N)=NO. The topological polar surface area (TPSA) is 105 Å². The zero-order valence-corrected chi connectivity index (χ0v) is 9.92. The van der Waals surface area contributed by atoms with Crippen molar-refractivity contribution >= 4 is 15.9 Å². The third-order valence-corrected chi connectivity index (χ3v) is 3.38. The smallest absolute Gasteiger partial charge is 0.211 e. The maximum Gasteiger partial charge on any atom is 0.211 e. The van der Waals surface area contributed by atoms with Crippen molar-refractivity contribution < 1.29 is 13.6 Å². The molecule has 6 nitrogen and oxygen atoms in total. The van der Waals surface area contributed by atoms with E-state index in [0.29, 0.717) is 6.42 Å². The molecule has 0 fully saturated rings. The van der Waals surface area contributed by atoms with Gasteiger partial charge in [-0.05, 0) is 13.3 Å². The summed E-state index contributed by atoms with van der Waals surface area (Å²) < 4.78 is 25.3. The largest absolute Gasteiger partial charge is 0.409 e. The molecule has 0 aliphatic rings. The normalized spacial score (nSPS) is 15.2. The molecule has 1 unspecified atom stereocenters. The molecule has 0 amide bonds. The molecular weight excluding hydrogens is 218 g/mol. The lowest BCUT2D eigenvalue weighted by Crippen LogP contribution is -2.37. The summed E-state index contributed by atoms with van der Waals surface area (Å²) in [5.41, 5.74) is 5.26. The molecule has 0 aliphatic heterocycles. The molecule has 7 heteroatoms. The van der Waals surface area contributed by atoms with Crippen LogP contribution in [0.1, 0.15) is 33.1 Å². The van der Waals surface area contributed by atoms with Gasteiger partial charge in [-0.1, -0.05) is 18.5 Å². The number of sulfonamides is 1. The maximum atomic E-state index is 11.4. The Hall–Kier alpha value is -0.820. The lowest BCUT2D eigenvalue weighted by atomic mass is 10.2. The van der Waals surface area contributed by atoms with E-state index in [-0.39, 0.29) is 24.1 Å². The van der Waals surface area contributed by atoms with Gasteiger partial charge in [-0.2, -0.15) is 0 Å². The van der Waals surface area contributed by atoms with Crippen molar-refractivity contribution in [1.29, 1.82) is 0 Å². The number of amidine groups is 1. The Kier molecular flexibility index (Phi) is 6.26. The van der Waals surface area contributed by atoms with E-state index in [2.05, 4.69) is 9.88 Å². The van der Waals surface area contributed by atoms with E-state index < -0.39 is 10.0 Å². The van der Waals surface area contributed by atoms with Crippen LogP contribution in [0.5, 0.6) is 0 Å². The number of nitrogens with one attached hydrogen (secondary N) is 1. The van der Waals surface area contributed by atoms with E-state index in [1.165, 1.54) is 0 Å². The molecule has 0 heterocycles. The minimum Gasteiger partial charge on any atom is -0.409 e. The molecule has 4 N–H and O–H groups in total. The zero-order valence-electron chi connectivity index (χ0n) is 9.10. The maximum absolute atomic E-state index is 11.4. The van der Waals surface area contributed by atoms with Crippen LogP contribution in [-0.2, 0) is 10.0 Å². The molecule has 0 bridgehead atoms. The summed E-state index contributed by atoms with van der Waals surface area (Å²) in [6, 6.07) is -0.359. The predicted octanol–water partition coefficient (Wildman–Crippen LogP) is 0.231. The summed E-state index contributed by atoms with van der Waals surface area (Å²) in [6.07, 6.45) is 1.66. The summed E-state index contributed by atoms with van der Waals surface area (Å²) in [4.78, 5) is 0. The second-order valence-electron chi connectivity index (χ2n) is 3.49. The molecule has 0 spiro atoms. The van der Waals surface area contributed by atoms with Crippen LogP contribution in [0, 0.1) is 0 Å². The van der Waals surface area contributed by atoms with E-state index in [1.54, 1.807) is 6.92 Å². The van der Waals surface area contributed by atoms with Crippen molar-refractivity contribution in [1.82, 2.24) is 4.72 Å². The third-order valence-electron chi connectivity index (χ3n) is 1.79. The first-order valence-corrected chi connectivity index (χ1v) is 6.53. The summed E-state index contributed by atoms with van der Waals surface area (Å²) >= 11 is 0. The zero-order chi connectivity index (χ0) is 11.9. The average molecular weight is 237 g/mol. The second-order valence-corrected chi connectivity index (χ2v) is 5.36. The fraction of sp³-hybridized carbons (Fsp3) is 0.875. The van der Waals surface area contributed by atoms with Crippen LogP contribution in [0.25, 0.3) is 0 Å². The monoisotopic (exact) mass is 237 g/mol. The molecule has 0 aromatic rings. The quantitative estimate of drug-likeness (QED) is 0.255. The van der Waals surface area contributed by atoms with E-state index in [9.17, 15) is 8.42 Å². The van der Waals surface area contributed by atoms with Crippen molar-refractivity contribution in [3.8, 4) is 0 Å². The Labute approximate surface area is 90.6 Å². The van der Waals surface area contributed by atoms with Crippen molar-refractivity contribution in [2.75, 3.05) is 5.75 Å². The Balaban J connectivity index is 4.10. The summed E-state index contributed by atoms with van der Waals surface area (Å²) in [5, 5.41) is 11.1. The van der Waals surface area contributed by atoms with Crippen molar-refractivity contribution in [2.24, 2.45) is 10.9 Å². The first kappa shape index (κ1) is 14.2. The highest BCUT2D eigenvalue weighted by Crippen LogP contribution is 1.98. The minimum atomic E-state index is -3.24. The van der Waals surface area contributed by atoms with Gasteiger partial charge in [0.25, 0.3) is 0 Å². The molecule has 1 atom stereocenters. The number of unbranched alkanes of at least 4 members (excludes halogenated alkanes) is 1. The van der Waals surface area contributed by atoms with Crippen LogP contribution >= 0.6 is 0 Å². The fourth-order valence-corrected chi connectivity index (χ4v) is 2.58. The summed E-state index contributed by atoms with van der Waals surface area (Å²) in [6.45, 7) is 3.59. The second kappa shape index (κ2) is 6.62. The van der Waals surface area contributed by atoms with Gasteiger partial charge >= 0.3 is 0 Å². The standard InChI is InChI=1S/C8H19N3O3S/c1-3-4-5-15(13,14)11-7(2)6-8(9)10-12/h7,11-12H,3-6H2,1-2H3,(H2,9,10). The highest BCUT2D eigenvalue weighted by molar-refractivity contribution is 7.89. The van der Waals surface area contributed by atoms with Crippen LogP contribution < -0.4 is 10.5 Å². The van der Waals surface area contributed by atoms with Gasteiger partial charge in [0, 0.05) is 12.5 Å². The highest BCUT2D eigenvalue weighted by atomic mass is 32.2. The fourth-order valence-electron chi connectivity index (χ4n) is 1.10. The predicted molar refractivity (Wildman–Crippen MR) is 59.3 cm³/mol. The van der Waals surface area contributed by atoms with E-state index in [4.69, 9.17) is 10.9 Å². The van der Waals surface area contributed by atoms with Gasteiger partial charge in [-0.25, -0.2) is 13.1 Å². The summed E-state index contributed by atoms with van der Waals surface area (Å²) in [5.74, 6) is 0.130. The van der Waals surface area contributed by atoms with Crippen LogP contribution in [-0.4, -0.2) is 31.3 Å². The number of rotatable bonds is 7. The van der Waals surface area contributed by atoms with Gasteiger partial charge in [0.1, 0.15) is 5.84 Å². The Morgan fingerprint density at radius 1 is 1.60 bits per heavy atom. The number of nitrogens with two attached hydrogens (primary N) is 1. The molecule has 15 heavy (non-hydrogen) atoms. The van der Waals surface area contributed by atoms with Crippen LogP contribution in [0.4, 0.5) is 0 Å². The number of hydrogen-bond donors (Lipinski definition) is 3. The molecular formula is C8H19N3O3S. The first-order valence-electron chi connectivity index (χ1n) is 4.87. The number of hydrogen-bond acceptors (Lipinski definition) is 4. The molecule has 0 saturated heterocycles. The molecule has 0 aliphatic carbocycles. The van der Waals surface area contributed by atoms with Crippen molar-refractivity contribution in [2.45, 2.75) is 39.2 Å². The Morgan fingerprint density at radius 2 is 2.20 bits per heavy atom. The van der Waals surface area contributed by atoms with Crippen molar-refractivity contribution in [3.05, 3.63) is 0 Å². The molecule has 90 valence electrons. The van der Waals surface area contributed by atoms with Crippen molar-refractivity contribution in [3.63, 3.8) is 0 Å². The van der Waals surface area contributed by atoms with Crippen LogP contribution in [0.2, 0.25) is 0 Å². The lowest BCUT2D eigenvalue weighted by molar-refractivity contribution is 0.316. The first-order chi connectivity index (χ1) is 6.91. The van der Waals surface area contributed by atoms with E-state index in [1.807, 2.05) is 6.92 Å². The van der Waals surface area contributed by atoms with Crippen LogP contribution in [0.3, 0.4) is 0 Å². The third kappa shape index (κ3) is 7.15. The highest BCUT2D eigenvalue weighted by Gasteiger charge is 2.14. The molecule has 0 radical (unpaired) electrons. The molecule has 0 aromatic heterocycles. The molecule has 0 aromatic carbocycles. The van der Waals surface area contributed by atoms with E-state index >= 15 is 0 Å². The minimum absolute atomic E-state index is 0.0145. The van der Waals surface area contributed by atoms with Crippen LogP contribution in [0.15, 0.2) is 5.16 Å². The van der Waals surface area contributed by atoms with Gasteiger partial charge in [0.05, 0.1) is 5.75 Å². The summed E-state index contributed by atoms with van der Waals surface area (Å²) in [7, 11) is -3.24. The molecule has 0 rings (SSSR count). The number of nitrogens with zero attached hydrogens (tertiary/aromatic N) is 1. The lowest BCUT2D eigenvalue weighted by Gasteiger charge is -2.12. The van der Waals surface area contributed by atoms with E-state index in [0.717, 1.165) is 6.42 Å². The Morgan fingerprint density at radius 3 is 2.67 bits per heavy atom. The van der Waals surface area contributed by atoms with Gasteiger partial charge in [0.15, 0.2) is 0 Å². The van der Waals surface area contributed by atoms with Gasteiger partial charge in [-0.3, -0.25) is 0 Å². The number of oxime groups is 1. The van der Waals surface area contributed by atoms with Gasteiger partial charge < -0.3 is 10.9 Å².